The second kappa shape index (κ2) is 5.65. The molecule has 4 heterocycles. The molecule has 0 unspecified atom stereocenters. The lowest BCUT2D eigenvalue weighted by atomic mass is 10.3. The van der Waals surface area contributed by atoms with Crippen LogP contribution < -0.4 is 9.80 Å². The van der Waals surface area contributed by atoms with Crippen molar-refractivity contribution in [2.75, 3.05) is 36.0 Å². The molecule has 2 fully saturated rings. The maximum atomic E-state index is 4.77. The molecule has 0 spiro atoms. The van der Waals surface area contributed by atoms with Crippen LogP contribution >= 0.6 is 0 Å². The first-order chi connectivity index (χ1) is 12.3. The molecule has 0 aromatic carbocycles. The molecular weight excluding hydrogens is 316 g/mol. The molecule has 5 rings (SSSR count). The summed E-state index contributed by atoms with van der Waals surface area (Å²) in [5.41, 5.74) is 0.794. The number of rotatable bonds is 3. The number of aromatic nitrogens is 6. The monoisotopic (exact) mass is 336 g/mol. The fourth-order valence-corrected chi connectivity index (χ4v) is 3.37. The van der Waals surface area contributed by atoms with Crippen LogP contribution in [0.15, 0.2) is 24.7 Å². The molecule has 8 nitrogen and oxygen atoms in total. The number of anilines is 2. The van der Waals surface area contributed by atoms with E-state index in [0.717, 1.165) is 55.1 Å². The SMILES string of the molecule is Cc1nc2cncc(N3CCN(c4ccnc(C5CC5)n4)CC3)n2n1. The van der Waals surface area contributed by atoms with Crippen LogP contribution in [0.25, 0.3) is 5.65 Å². The lowest BCUT2D eigenvalue weighted by Crippen LogP contribution is -2.47. The first-order valence-electron chi connectivity index (χ1n) is 8.78. The molecule has 3 aromatic heterocycles. The van der Waals surface area contributed by atoms with Crippen LogP contribution in [0.2, 0.25) is 0 Å². The van der Waals surface area contributed by atoms with Gasteiger partial charge in [-0.1, -0.05) is 0 Å². The summed E-state index contributed by atoms with van der Waals surface area (Å²) in [5.74, 6) is 4.40. The van der Waals surface area contributed by atoms with Crippen molar-refractivity contribution in [1.82, 2.24) is 29.5 Å². The minimum absolute atomic E-state index is 0.584. The fourth-order valence-electron chi connectivity index (χ4n) is 3.37. The van der Waals surface area contributed by atoms with E-state index in [1.807, 2.05) is 29.9 Å². The van der Waals surface area contributed by atoms with E-state index in [2.05, 4.69) is 29.9 Å². The van der Waals surface area contributed by atoms with Crippen LogP contribution in [-0.2, 0) is 0 Å². The van der Waals surface area contributed by atoms with Crippen LogP contribution in [0.3, 0.4) is 0 Å². The van der Waals surface area contributed by atoms with Crippen LogP contribution in [0.1, 0.15) is 30.4 Å². The largest absolute Gasteiger partial charge is 0.353 e. The summed E-state index contributed by atoms with van der Waals surface area (Å²) in [6.45, 7) is 5.56. The minimum atomic E-state index is 0.584. The molecule has 0 amide bonds. The number of hydrogen-bond acceptors (Lipinski definition) is 7. The third kappa shape index (κ3) is 2.67. The number of aryl methyl sites for hydroxylation is 1. The summed E-state index contributed by atoms with van der Waals surface area (Å²) in [7, 11) is 0. The van der Waals surface area contributed by atoms with Crippen LogP contribution in [0.5, 0.6) is 0 Å². The van der Waals surface area contributed by atoms with Gasteiger partial charge in [-0.25, -0.2) is 15.0 Å². The molecule has 0 radical (unpaired) electrons. The van der Waals surface area contributed by atoms with E-state index < -0.39 is 0 Å². The van der Waals surface area contributed by atoms with Gasteiger partial charge in [-0.2, -0.15) is 4.52 Å². The van der Waals surface area contributed by atoms with E-state index in [4.69, 9.17) is 4.98 Å². The molecule has 0 bridgehead atoms. The molecular formula is C17H20N8. The summed E-state index contributed by atoms with van der Waals surface area (Å²) in [4.78, 5) is 22.6. The average Bonchev–Trinajstić information content (AvgIpc) is 3.42. The quantitative estimate of drug-likeness (QED) is 0.716. The highest BCUT2D eigenvalue weighted by atomic mass is 15.4. The van der Waals surface area contributed by atoms with Crippen molar-refractivity contribution in [2.45, 2.75) is 25.7 Å². The number of hydrogen-bond donors (Lipinski definition) is 0. The Balaban J connectivity index is 1.34. The van der Waals surface area contributed by atoms with E-state index in [-0.39, 0.29) is 0 Å². The standard InChI is InChI=1S/C17H20N8/c1-12-20-15-10-18-11-16(25(15)22-12)24-8-6-23(7-9-24)14-4-5-19-17(21-14)13-2-3-13/h4-5,10-11,13H,2-3,6-9H2,1H3. The molecule has 1 aliphatic heterocycles. The van der Waals surface area contributed by atoms with Crippen LogP contribution in [-0.4, -0.2) is 55.7 Å². The van der Waals surface area contributed by atoms with Gasteiger partial charge < -0.3 is 9.80 Å². The van der Waals surface area contributed by atoms with Gasteiger partial charge in [-0.3, -0.25) is 4.98 Å². The Kier molecular flexibility index (Phi) is 3.29. The lowest BCUT2D eigenvalue weighted by Gasteiger charge is -2.36. The average molecular weight is 336 g/mol. The summed E-state index contributed by atoms with van der Waals surface area (Å²) in [6, 6.07) is 2.02. The second-order valence-corrected chi connectivity index (χ2v) is 6.72. The normalized spacial score (nSPS) is 18.1. The molecule has 8 heteroatoms. The summed E-state index contributed by atoms with van der Waals surface area (Å²) in [5, 5.41) is 4.49. The third-order valence-corrected chi connectivity index (χ3v) is 4.86. The van der Waals surface area contributed by atoms with Gasteiger partial charge in [0.1, 0.15) is 17.5 Å². The van der Waals surface area contributed by atoms with Gasteiger partial charge in [0.2, 0.25) is 0 Å². The molecule has 0 N–H and O–H groups in total. The first-order valence-corrected chi connectivity index (χ1v) is 8.78. The molecule has 2 aliphatic rings. The van der Waals surface area contributed by atoms with E-state index >= 15 is 0 Å². The summed E-state index contributed by atoms with van der Waals surface area (Å²) < 4.78 is 1.88. The van der Waals surface area contributed by atoms with Gasteiger partial charge >= 0.3 is 0 Å². The number of nitrogens with zero attached hydrogens (tertiary/aromatic N) is 8. The zero-order valence-electron chi connectivity index (χ0n) is 14.2. The van der Waals surface area contributed by atoms with E-state index in [0.29, 0.717) is 5.92 Å². The molecule has 1 aliphatic carbocycles. The second-order valence-electron chi connectivity index (χ2n) is 6.72. The van der Waals surface area contributed by atoms with Crippen molar-refractivity contribution in [3.05, 3.63) is 36.3 Å². The first kappa shape index (κ1) is 14.6. The topological polar surface area (TPSA) is 75.3 Å². The zero-order valence-corrected chi connectivity index (χ0v) is 14.2. The van der Waals surface area contributed by atoms with E-state index in [1.54, 1.807) is 6.20 Å². The maximum absolute atomic E-state index is 4.77. The van der Waals surface area contributed by atoms with Crippen molar-refractivity contribution >= 4 is 17.3 Å². The van der Waals surface area contributed by atoms with Gasteiger partial charge in [0, 0.05) is 38.3 Å². The van der Waals surface area contributed by atoms with Gasteiger partial charge in [0.15, 0.2) is 11.5 Å². The van der Waals surface area contributed by atoms with E-state index in [1.165, 1.54) is 12.8 Å². The Morgan fingerprint density at radius 1 is 1.00 bits per heavy atom. The van der Waals surface area contributed by atoms with Gasteiger partial charge in [0.05, 0.1) is 12.4 Å². The smallest absolute Gasteiger partial charge is 0.176 e. The molecule has 0 atom stereocenters. The van der Waals surface area contributed by atoms with Crippen LogP contribution in [0.4, 0.5) is 11.6 Å². The third-order valence-electron chi connectivity index (χ3n) is 4.86. The zero-order chi connectivity index (χ0) is 16.8. The highest BCUT2D eigenvalue weighted by Gasteiger charge is 2.27. The van der Waals surface area contributed by atoms with Gasteiger partial charge in [-0.15, -0.1) is 5.10 Å². The van der Waals surface area contributed by atoms with Crippen molar-refractivity contribution in [3.63, 3.8) is 0 Å². The fraction of sp³-hybridized carbons (Fsp3) is 0.471. The number of fused-ring (bicyclic) bond motifs is 1. The Labute approximate surface area is 145 Å². The van der Waals surface area contributed by atoms with Gasteiger partial charge in [0.25, 0.3) is 0 Å². The highest BCUT2D eigenvalue weighted by molar-refractivity contribution is 5.49. The van der Waals surface area contributed by atoms with Crippen molar-refractivity contribution in [1.29, 1.82) is 0 Å². The Hall–Kier alpha value is -2.77. The van der Waals surface area contributed by atoms with Crippen molar-refractivity contribution in [2.24, 2.45) is 0 Å². The highest BCUT2D eigenvalue weighted by Crippen LogP contribution is 2.38. The van der Waals surface area contributed by atoms with Crippen molar-refractivity contribution in [3.8, 4) is 0 Å². The Morgan fingerprint density at radius 3 is 2.60 bits per heavy atom. The number of piperazine rings is 1. The maximum Gasteiger partial charge on any atom is 0.176 e. The molecule has 1 saturated heterocycles. The van der Waals surface area contributed by atoms with Crippen LogP contribution in [0, 0.1) is 6.92 Å². The predicted molar refractivity (Wildman–Crippen MR) is 94.0 cm³/mol. The molecule has 128 valence electrons. The predicted octanol–water partition coefficient (Wildman–Crippen LogP) is 1.43. The lowest BCUT2D eigenvalue weighted by molar-refractivity contribution is 0.630. The summed E-state index contributed by atoms with van der Waals surface area (Å²) >= 11 is 0. The summed E-state index contributed by atoms with van der Waals surface area (Å²) in [6.07, 6.45) is 7.97. The van der Waals surface area contributed by atoms with Crippen molar-refractivity contribution < 1.29 is 0 Å². The Morgan fingerprint density at radius 2 is 1.80 bits per heavy atom. The Bertz CT molecular complexity index is 908. The van der Waals surface area contributed by atoms with E-state index in [9.17, 15) is 0 Å². The molecule has 25 heavy (non-hydrogen) atoms. The minimum Gasteiger partial charge on any atom is -0.353 e. The molecule has 1 saturated carbocycles. The molecule has 3 aromatic rings. The van der Waals surface area contributed by atoms with Gasteiger partial charge in [-0.05, 0) is 25.8 Å².